The Bertz CT molecular complexity index is 905. The lowest BCUT2D eigenvalue weighted by atomic mass is 10.1. The summed E-state index contributed by atoms with van der Waals surface area (Å²) in [5.41, 5.74) is 3.86. The third-order valence-corrected chi connectivity index (χ3v) is 3.30. The van der Waals surface area contributed by atoms with Crippen molar-refractivity contribution in [2.24, 2.45) is 0 Å². The summed E-state index contributed by atoms with van der Waals surface area (Å²) in [5, 5.41) is 3.80. The van der Waals surface area contributed by atoms with Gasteiger partial charge in [0.2, 0.25) is 0 Å². The first-order chi connectivity index (χ1) is 10.3. The normalized spacial score (nSPS) is 11.1. The van der Waals surface area contributed by atoms with E-state index in [1.807, 2.05) is 53.1 Å². The van der Waals surface area contributed by atoms with E-state index in [4.69, 9.17) is 4.52 Å². The van der Waals surface area contributed by atoms with Crippen LogP contribution >= 0.6 is 0 Å². The number of fused-ring (bicyclic) bond motifs is 1. The van der Waals surface area contributed by atoms with Gasteiger partial charge in [0.25, 0.3) is 5.89 Å². The molecule has 3 aromatic heterocycles. The van der Waals surface area contributed by atoms with Gasteiger partial charge >= 0.3 is 0 Å². The van der Waals surface area contributed by atoms with Crippen LogP contribution in [0.2, 0.25) is 0 Å². The first kappa shape index (κ1) is 11.8. The van der Waals surface area contributed by atoms with Crippen molar-refractivity contribution in [1.29, 1.82) is 0 Å². The van der Waals surface area contributed by atoms with Gasteiger partial charge in [-0.25, -0.2) is 4.98 Å². The summed E-state index contributed by atoms with van der Waals surface area (Å²) in [7, 11) is 0. The largest absolute Gasteiger partial charge is 0.334 e. The number of imidazole rings is 1. The van der Waals surface area contributed by atoms with Crippen LogP contribution in [0.4, 0.5) is 0 Å². The zero-order valence-corrected chi connectivity index (χ0v) is 11.3. The lowest BCUT2D eigenvalue weighted by Crippen LogP contribution is -1.83. The van der Waals surface area contributed by atoms with Crippen LogP contribution in [0.25, 0.3) is 28.2 Å². The number of hydrogen-bond donors (Lipinski definition) is 0. The third-order valence-electron chi connectivity index (χ3n) is 3.30. The average Bonchev–Trinajstić information content (AvgIpc) is 3.14. The molecule has 4 rings (SSSR count). The molecule has 0 spiro atoms. The molecule has 4 aromatic rings. The molecule has 0 saturated carbocycles. The summed E-state index contributed by atoms with van der Waals surface area (Å²) in [6, 6.07) is 13.9. The Morgan fingerprint density at radius 3 is 2.62 bits per heavy atom. The van der Waals surface area contributed by atoms with Gasteiger partial charge in [0.05, 0.1) is 11.2 Å². The number of hydrogen-bond acceptors (Lipinski definition) is 4. The second-order valence-corrected chi connectivity index (χ2v) is 4.74. The second kappa shape index (κ2) is 4.56. The fourth-order valence-corrected chi connectivity index (χ4v) is 2.28. The molecule has 3 heterocycles. The van der Waals surface area contributed by atoms with Gasteiger partial charge in [0.1, 0.15) is 0 Å². The van der Waals surface area contributed by atoms with Crippen molar-refractivity contribution in [3.63, 3.8) is 0 Å². The SMILES string of the molecule is Cc1noc(-c2ccc(-c3n[c]n4ccccc34)cc2)n1. The fraction of sp³-hybridized carbons (Fsp3) is 0.0625. The molecule has 0 aliphatic carbocycles. The molecule has 5 heteroatoms. The van der Waals surface area contributed by atoms with E-state index in [1.165, 1.54) is 0 Å². The van der Waals surface area contributed by atoms with Gasteiger partial charge in [-0.3, -0.25) is 4.40 Å². The summed E-state index contributed by atoms with van der Waals surface area (Å²) in [5.74, 6) is 1.16. The van der Waals surface area contributed by atoms with E-state index in [9.17, 15) is 0 Å². The van der Waals surface area contributed by atoms with Crippen molar-refractivity contribution < 1.29 is 4.52 Å². The van der Waals surface area contributed by atoms with Crippen molar-refractivity contribution in [3.8, 4) is 22.7 Å². The van der Waals surface area contributed by atoms with Crippen molar-refractivity contribution in [2.75, 3.05) is 0 Å². The lowest BCUT2D eigenvalue weighted by molar-refractivity contribution is 0.425. The molecule has 0 N–H and O–H groups in total. The van der Waals surface area contributed by atoms with E-state index < -0.39 is 0 Å². The Labute approximate surface area is 120 Å². The van der Waals surface area contributed by atoms with Gasteiger partial charge in [0, 0.05) is 17.3 Å². The van der Waals surface area contributed by atoms with E-state index in [1.54, 1.807) is 6.92 Å². The summed E-state index contributed by atoms with van der Waals surface area (Å²) in [4.78, 5) is 8.58. The first-order valence-electron chi connectivity index (χ1n) is 6.57. The minimum Gasteiger partial charge on any atom is -0.334 e. The zero-order valence-electron chi connectivity index (χ0n) is 11.3. The molecular formula is C16H11N4O. The predicted octanol–water partition coefficient (Wildman–Crippen LogP) is 3.16. The number of aromatic nitrogens is 4. The number of benzene rings is 1. The highest BCUT2D eigenvalue weighted by Crippen LogP contribution is 2.25. The van der Waals surface area contributed by atoms with Crippen molar-refractivity contribution >= 4 is 5.52 Å². The fourth-order valence-electron chi connectivity index (χ4n) is 2.28. The summed E-state index contributed by atoms with van der Waals surface area (Å²) < 4.78 is 7.04. The van der Waals surface area contributed by atoms with E-state index in [0.717, 1.165) is 22.3 Å². The molecule has 0 bridgehead atoms. The zero-order chi connectivity index (χ0) is 14.2. The maximum absolute atomic E-state index is 5.16. The van der Waals surface area contributed by atoms with Crippen molar-refractivity contribution in [3.05, 3.63) is 60.8 Å². The van der Waals surface area contributed by atoms with Crippen LogP contribution in [0.5, 0.6) is 0 Å². The van der Waals surface area contributed by atoms with Crippen molar-refractivity contribution in [1.82, 2.24) is 19.5 Å². The number of rotatable bonds is 2. The highest BCUT2D eigenvalue weighted by Gasteiger charge is 2.09. The van der Waals surface area contributed by atoms with Crippen LogP contribution in [0.15, 0.2) is 53.2 Å². The highest BCUT2D eigenvalue weighted by atomic mass is 16.5. The maximum atomic E-state index is 5.16. The molecule has 1 radical (unpaired) electrons. The molecular weight excluding hydrogens is 264 g/mol. The van der Waals surface area contributed by atoms with E-state index >= 15 is 0 Å². The molecule has 0 saturated heterocycles. The van der Waals surface area contributed by atoms with Gasteiger partial charge in [-0.15, -0.1) is 0 Å². The molecule has 21 heavy (non-hydrogen) atoms. The van der Waals surface area contributed by atoms with Crippen LogP contribution in [-0.4, -0.2) is 19.5 Å². The highest BCUT2D eigenvalue weighted by molar-refractivity contribution is 5.78. The standard InChI is InChI=1S/C16H11N4O/c1-11-18-16(21-19-11)13-7-5-12(6-8-13)15-14-4-2-3-9-20(14)10-17-15/h2-9H,1H3. The summed E-state index contributed by atoms with van der Waals surface area (Å²) in [6.07, 6.45) is 4.89. The van der Waals surface area contributed by atoms with Crippen molar-refractivity contribution in [2.45, 2.75) is 6.92 Å². The van der Waals surface area contributed by atoms with Crippen LogP contribution < -0.4 is 0 Å². The Hall–Kier alpha value is -2.95. The van der Waals surface area contributed by atoms with Gasteiger partial charge < -0.3 is 4.52 Å². The molecule has 0 aliphatic rings. The van der Waals surface area contributed by atoms with E-state index in [2.05, 4.69) is 21.5 Å². The number of nitrogens with zero attached hydrogens (tertiary/aromatic N) is 4. The van der Waals surface area contributed by atoms with Gasteiger partial charge in [-0.1, -0.05) is 23.4 Å². The topological polar surface area (TPSA) is 56.2 Å². The molecule has 0 fully saturated rings. The predicted molar refractivity (Wildman–Crippen MR) is 77.5 cm³/mol. The third kappa shape index (κ3) is 1.99. The van der Waals surface area contributed by atoms with Crippen LogP contribution in [0.3, 0.4) is 0 Å². The molecule has 0 atom stereocenters. The van der Waals surface area contributed by atoms with E-state index in [0.29, 0.717) is 11.7 Å². The Morgan fingerprint density at radius 2 is 1.86 bits per heavy atom. The van der Waals surface area contributed by atoms with Gasteiger partial charge in [-0.05, 0) is 31.2 Å². The second-order valence-electron chi connectivity index (χ2n) is 4.74. The van der Waals surface area contributed by atoms with Crippen LogP contribution in [0.1, 0.15) is 5.82 Å². The minimum absolute atomic E-state index is 0.528. The molecule has 5 nitrogen and oxygen atoms in total. The van der Waals surface area contributed by atoms with Crippen LogP contribution in [-0.2, 0) is 0 Å². The summed E-state index contributed by atoms with van der Waals surface area (Å²) in [6.45, 7) is 1.80. The first-order valence-corrected chi connectivity index (χ1v) is 6.57. The average molecular weight is 275 g/mol. The van der Waals surface area contributed by atoms with Gasteiger partial charge in [-0.2, -0.15) is 4.98 Å². The quantitative estimate of drug-likeness (QED) is 0.564. The summed E-state index contributed by atoms with van der Waals surface area (Å²) >= 11 is 0. The molecule has 0 amide bonds. The molecule has 1 aromatic carbocycles. The van der Waals surface area contributed by atoms with E-state index in [-0.39, 0.29) is 0 Å². The van der Waals surface area contributed by atoms with Crippen LogP contribution in [0, 0.1) is 13.3 Å². The number of pyridine rings is 1. The number of aryl methyl sites for hydroxylation is 1. The molecule has 101 valence electrons. The Kier molecular flexibility index (Phi) is 2.57. The maximum Gasteiger partial charge on any atom is 0.257 e. The monoisotopic (exact) mass is 275 g/mol. The minimum atomic E-state index is 0.528. The van der Waals surface area contributed by atoms with Gasteiger partial charge in [0.15, 0.2) is 12.2 Å². The molecule has 0 aliphatic heterocycles. The molecule has 0 unspecified atom stereocenters. The Balaban J connectivity index is 1.76. The lowest BCUT2D eigenvalue weighted by Gasteiger charge is -2.00. The smallest absolute Gasteiger partial charge is 0.257 e. The Morgan fingerprint density at radius 1 is 1.05 bits per heavy atom.